The van der Waals surface area contributed by atoms with Crippen molar-refractivity contribution in [1.82, 2.24) is 0 Å². The van der Waals surface area contributed by atoms with Crippen molar-refractivity contribution in [1.29, 1.82) is 0 Å². The Hall–Kier alpha value is -2.53. The van der Waals surface area contributed by atoms with Crippen molar-refractivity contribution < 1.29 is 19.1 Å². The maximum Gasteiger partial charge on any atom is 0.262 e. The number of rotatable bonds is 6. The molecule has 5 nitrogen and oxygen atoms in total. The normalized spacial score (nSPS) is 10.0. The summed E-state index contributed by atoms with van der Waals surface area (Å²) in [7, 11) is 1.51. The fourth-order valence-corrected chi connectivity index (χ4v) is 2.20. The first kappa shape index (κ1) is 16.8. The molecule has 0 spiro atoms. The minimum Gasteiger partial charge on any atom is -0.497 e. The highest BCUT2D eigenvalue weighted by Gasteiger charge is 2.09. The first-order valence-corrected chi connectivity index (χ1v) is 7.23. The Morgan fingerprint density at radius 3 is 2.70 bits per heavy atom. The minimum absolute atomic E-state index is 0.213. The van der Waals surface area contributed by atoms with Crippen LogP contribution in [0.15, 0.2) is 36.4 Å². The molecule has 0 unspecified atom stereocenters. The van der Waals surface area contributed by atoms with Crippen LogP contribution >= 0.6 is 11.6 Å². The number of carbonyl (C=O) groups is 2. The topological polar surface area (TPSA) is 64.6 Å². The summed E-state index contributed by atoms with van der Waals surface area (Å²) in [6.45, 7) is 1.63. The number of amides is 1. The number of hydrogen-bond acceptors (Lipinski definition) is 4. The summed E-state index contributed by atoms with van der Waals surface area (Å²) in [5.41, 5.74) is 1.83. The van der Waals surface area contributed by atoms with E-state index in [1.54, 1.807) is 36.4 Å². The van der Waals surface area contributed by atoms with Crippen molar-refractivity contribution >= 4 is 29.5 Å². The van der Waals surface area contributed by atoms with Crippen LogP contribution in [-0.2, 0) is 4.79 Å². The number of benzene rings is 2. The van der Waals surface area contributed by atoms with Crippen molar-refractivity contribution in [3.63, 3.8) is 0 Å². The van der Waals surface area contributed by atoms with E-state index in [-0.39, 0.29) is 12.5 Å². The zero-order chi connectivity index (χ0) is 16.8. The standard InChI is InChI=1S/C17H16ClNO4/c1-11-7-13(18)3-5-15(11)19-17(21)10-23-16-6-4-14(22-2)8-12(16)9-20/h3-9H,10H2,1-2H3,(H,19,21). The SMILES string of the molecule is COc1ccc(OCC(=O)Nc2ccc(Cl)cc2C)c(C=O)c1. The first-order chi connectivity index (χ1) is 11.0. The van der Waals surface area contributed by atoms with Crippen LogP contribution in [0, 0.1) is 6.92 Å². The van der Waals surface area contributed by atoms with Gasteiger partial charge in [-0.2, -0.15) is 0 Å². The van der Waals surface area contributed by atoms with Crippen LogP contribution in [0.4, 0.5) is 5.69 Å². The summed E-state index contributed by atoms with van der Waals surface area (Å²) < 4.78 is 10.4. The lowest BCUT2D eigenvalue weighted by molar-refractivity contribution is -0.118. The van der Waals surface area contributed by atoms with Crippen LogP contribution in [0.1, 0.15) is 15.9 Å². The second-order valence-corrected chi connectivity index (χ2v) is 5.25. The van der Waals surface area contributed by atoms with Gasteiger partial charge in [-0.15, -0.1) is 0 Å². The van der Waals surface area contributed by atoms with E-state index in [1.165, 1.54) is 7.11 Å². The average molecular weight is 334 g/mol. The second kappa shape index (κ2) is 7.65. The van der Waals surface area contributed by atoms with Crippen molar-refractivity contribution in [2.24, 2.45) is 0 Å². The van der Waals surface area contributed by atoms with Gasteiger partial charge in [-0.3, -0.25) is 9.59 Å². The molecule has 0 saturated heterocycles. The van der Waals surface area contributed by atoms with Crippen LogP contribution in [0.2, 0.25) is 5.02 Å². The zero-order valence-electron chi connectivity index (χ0n) is 12.8. The van der Waals surface area contributed by atoms with Crippen LogP contribution in [-0.4, -0.2) is 25.9 Å². The summed E-state index contributed by atoms with van der Waals surface area (Å²) >= 11 is 5.87. The molecule has 0 aliphatic carbocycles. The molecular weight excluding hydrogens is 318 g/mol. The summed E-state index contributed by atoms with van der Waals surface area (Å²) in [5.74, 6) is 0.535. The lowest BCUT2D eigenvalue weighted by Gasteiger charge is -2.11. The van der Waals surface area contributed by atoms with E-state index in [0.717, 1.165) is 5.56 Å². The molecule has 6 heteroatoms. The number of methoxy groups -OCH3 is 1. The second-order valence-electron chi connectivity index (χ2n) is 4.82. The lowest BCUT2D eigenvalue weighted by atomic mass is 10.2. The van der Waals surface area contributed by atoms with Gasteiger partial charge in [0.05, 0.1) is 12.7 Å². The minimum atomic E-state index is -0.330. The number of aldehydes is 1. The van der Waals surface area contributed by atoms with E-state index in [2.05, 4.69) is 5.32 Å². The average Bonchev–Trinajstić information content (AvgIpc) is 2.55. The third kappa shape index (κ3) is 4.47. The quantitative estimate of drug-likeness (QED) is 0.822. The van der Waals surface area contributed by atoms with Crippen molar-refractivity contribution in [3.8, 4) is 11.5 Å². The summed E-state index contributed by atoms with van der Waals surface area (Å²) in [5, 5.41) is 3.33. The number of nitrogens with one attached hydrogen (secondary N) is 1. The molecule has 0 atom stereocenters. The maximum absolute atomic E-state index is 12.0. The van der Waals surface area contributed by atoms with Crippen molar-refractivity contribution in [3.05, 3.63) is 52.5 Å². The van der Waals surface area contributed by atoms with E-state index < -0.39 is 0 Å². The third-order valence-corrected chi connectivity index (χ3v) is 3.40. The molecule has 1 N–H and O–H groups in total. The first-order valence-electron chi connectivity index (χ1n) is 6.85. The fourth-order valence-electron chi connectivity index (χ4n) is 1.97. The van der Waals surface area contributed by atoms with Crippen molar-refractivity contribution in [2.75, 3.05) is 19.0 Å². The van der Waals surface area contributed by atoms with Gasteiger partial charge < -0.3 is 14.8 Å². The number of anilines is 1. The van der Waals surface area contributed by atoms with Crippen LogP contribution in [0.5, 0.6) is 11.5 Å². The third-order valence-electron chi connectivity index (χ3n) is 3.17. The predicted molar refractivity (Wildman–Crippen MR) is 88.7 cm³/mol. The van der Waals surface area contributed by atoms with E-state index >= 15 is 0 Å². The Morgan fingerprint density at radius 1 is 1.26 bits per heavy atom. The van der Waals surface area contributed by atoms with Gasteiger partial charge in [0.1, 0.15) is 11.5 Å². The van der Waals surface area contributed by atoms with Gasteiger partial charge in [-0.05, 0) is 48.9 Å². The molecule has 1 amide bonds. The van der Waals surface area contributed by atoms with E-state index in [1.807, 2.05) is 6.92 Å². The Kier molecular flexibility index (Phi) is 5.60. The Bertz CT molecular complexity index is 731. The molecule has 0 aromatic heterocycles. The monoisotopic (exact) mass is 333 g/mol. The Morgan fingerprint density at radius 2 is 2.04 bits per heavy atom. The highest BCUT2D eigenvalue weighted by Crippen LogP contribution is 2.23. The summed E-state index contributed by atoms with van der Waals surface area (Å²) in [6.07, 6.45) is 0.652. The highest BCUT2D eigenvalue weighted by molar-refractivity contribution is 6.30. The fraction of sp³-hybridized carbons (Fsp3) is 0.176. The van der Waals surface area contributed by atoms with Gasteiger partial charge in [-0.1, -0.05) is 11.6 Å². The molecule has 23 heavy (non-hydrogen) atoms. The maximum atomic E-state index is 12.0. The Balaban J connectivity index is 2.00. The number of aryl methyl sites for hydroxylation is 1. The molecule has 0 aliphatic heterocycles. The molecule has 0 radical (unpaired) electrons. The van der Waals surface area contributed by atoms with Gasteiger partial charge in [0, 0.05) is 10.7 Å². The van der Waals surface area contributed by atoms with Gasteiger partial charge >= 0.3 is 0 Å². The van der Waals surface area contributed by atoms with Gasteiger partial charge in [0.25, 0.3) is 5.91 Å². The van der Waals surface area contributed by atoms with E-state index in [9.17, 15) is 9.59 Å². The number of carbonyl (C=O) groups excluding carboxylic acids is 2. The Labute approximate surface area is 139 Å². The molecule has 0 aliphatic rings. The molecule has 2 rings (SSSR count). The molecule has 0 bridgehead atoms. The molecule has 0 heterocycles. The largest absolute Gasteiger partial charge is 0.497 e. The van der Waals surface area contributed by atoms with Gasteiger partial charge in [0.2, 0.25) is 0 Å². The number of halogens is 1. The lowest BCUT2D eigenvalue weighted by Crippen LogP contribution is -2.21. The highest BCUT2D eigenvalue weighted by atomic mass is 35.5. The molecule has 120 valence electrons. The zero-order valence-corrected chi connectivity index (χ0v) is 13.5. The predicted octanol–water partition coefficient (Wildman–Crippen LogP) is 3.49. The summed E-state index contributed by atoms with van der Waals surface area (Å²) in [4.78, 5) is 23.0. The van der Waals surface area contributed by atoms with Crippen LogP contribution in [0.3, 0.4) is 0 Å². The molecule has 2 aromatic rings. The van der Waals surface area contributed by atoms with Gasteiger partial charge in [0.15, 0.2) is 12.9 Å². The number of ether oxygens (including phenoxy) is 2. The summed E-state index contributed by atoms with van der Waals surface area (Å²) in [6, 6.07) is 9.96. The molecule has 0 fully saturated rings. The van der Waals surface area contributed by atoms with Crippen molar-refractivity contribution in [2.45, 2.75) is 6.92 Å². The van der Waals surface area contributed by atoms with E-state index in [0.29, 0.717) is 34.1 Å². The molecule has 2 aromatic carbocycles. The molecule has 0 saturated carbocycles. The molecular formula is C17H16ClNO4. The van der Waals surface area contributed by atoms with Crippen LogP contribution < -0.4 is 14.8 Å². The number of hydrogen-bond donors (Lipinski definition) is 1. The smallest absolute Gasteiger partial charge is 0.262 e. The van der Waals surface area contributed by atoms with Crippen LogP contribution in [0.25, 0.3) is 0 Å². The van der Waals surface area contributed by atoms with E-state index in [4.69, 9.17) is 21.1 Å². The van der Waals surface area contributed by atoms with Gasteiger partial charge in [-0.25, -0.2) is 0 Å².